The molecule has 1 aromatic carbocycles. The number of carbonyl (C=O) groups is 1. The lowest BCUT2D eigenvalue weighted by molar-refractivity contribution is -0.121. The summed E-state index contributed by atoms with van der Waals surface area (Å²) in [6, 6.07) is 9.49. The van der Waals surface area contributed by atoms with Crippen LogP contribution in [0, 0.1) is 6.92 Å². The van der Waals surface area contributed by atoms with E-state index in [1.807, 2.05) is 36.6 Å². The smallest absolute Gasteiger partial charge is 0.347 e. The largest absolute Gasteiger partial charge is 0.422 e. The number of nitrogens with one attached hydrogen (secondary N) is 1. The lowest BCUT2D eigenvalue weighted by Gasteiger charge is -2.07. The standard InChI is InChI=1S/C18H15N3O3S/c1-11-4-5-15-13(7-11)17-14(18(23)24-15)9-20-21(17)10-16(22)19-8-12-3-2-6-25-12/h2-7,9H,8,10H2,1H3,(H,19,22). The molecule has 6 nitrogen and oxygen atoms in total. The summed E-state index contributed by atoms with van der Waals surface area (Å²) in [6.45, 7) is 2.49. The van der Waals surface area contributed by atoms with Crippen molar-refractivity contribution in [2.24, 2.45) is 0 Å². The molecule has 1 amide bonds. The van der Waals surface area contributed by atoms with E-state index >= 15 is 0 Å². The van der Waals surface area contributed by atoms with Gasteiger partial charge in [-0.25, -0.2) is 4.79 Å². The van der Waals surface area contributed by atoms with Crippen LogP contribution >= 0.6 is 11.3 Å². The van der Waals surface area contributed by atoms with Crippen LogP contribution in [0.1, 0.15) is 10.4 Å². The molecular formula is C18H15N3O3S. The van der Waals surface area contributed by atoms with E-state index in [1.54, 1.807) is 22.1 Å². The number of aryl methyl sites for hydroxylation is 1. The normalized spacial score (nSPS) is 11.2. The number of hydrogen-bond acceptors (Lipinski definition) is 5. The summed E-state index contributed by atoms with van der Waals surface area (Å²) in [5.41, 5.74) is 1.71. The zero-order chi connectivity index (χ0) is 17.4. The van der Waals surface area contributed by atoms with E-state index in [9.17, 15) is 9.59 Å². The van der Waals surface area contributed by atoms with Crippen LogP contribution in [0.15, 0.2) is 51.1 Å². The maximum Gasteiger partial charge on any atom is 0.347 e. The van der Waals surface area contributed by atoms with Gasteiger partial charge in [0.25, 0.3) is 0 Å². The first-order valence-corrected chi connectivity index (χ1v) is 8.68. The molecule has 0 aliphatic carbocycles. The fourth-order valence-corrected chi connectivity index (χ4v) is 3.45. The van der Waals surface area contributed by atoms with Gasteiger partial charge in [-0.3, -0.25) is 9.48 Å². The zero-order valence-corrected chi connectivity index (χ0v) is 14.3. The highest BCUT2D eigenvalue weighted by molar-refractivity contribution is 7.09. The lowest BCUT2D eigenvalue weighted by atomic mass is 10.1. The third-order valence-electron chi connectivity index (χ3n) is 3.99. The minimum absolute atomic E-state index is 0.0430. The minimum atomic E-state index is -0.448. The maximum absolute atomic E-state index is 12.3. The van der Waals surface area contributed by atoms with Crippen LogP contribution in [0.25, 0.3) is 21.9 Å². The fraction of sp³-hybridized carbons (Fsp3) is 0.167. The molecule has 0 fully saturated rings. The Morgan fingerprint density at radius 2 is 2.20 bits per heavy atom. The third-order valence-corrected chi connectivity index (χ3v) is 4.86. The molecule has 4 rings (SSSR count). The summed E-state index contributed by atoms with van der Waals surface area (Å²) >= 11 is 1.59. The first-order valence-electron chi connectivity index (χ1n) is 7.80. The molecule has 3 aromatic heterocycles. The molecule has 0 saturated carbocycles. The van der Waals surface area contributed by atoms with Crippen molar-refractivity contribution in [3.05, 3.63) is 62.8 Å². The topological polar surface area (TPSA) is 77.1 Å². The molecule has 0 aliphatic heterocycles. The molecule has 0 radical (unpaired) electrons. The summed E-state index contributed by atoms with van der Waals surface area (Å²) < 4.78 is 6.89. The Balaban J connectivity index is 1.70. The van der Waals surface area contributed by atoms with Gasteiger partial charge in [-0.15, -0.1) is 11.3 Å². The Kier molecular flexibility index (Phi) is 3.85. The van der Waals surface area contributed by atoms with Gasteiger partial charge in [0, 0.05) is 10.3 Å². The highest BCUT2D eigenvalue weighted by Crippen LogP contribution is 2.23. The summed E-state index contributed by atoms with van der Waals surface area (Å²) in [7, 11) is 0. The van der Waals surface area contributed by atoms with Crippen molar-refractivity contribution in [3.63, 3.8) is 0 Å². The van der Waals surface area contributed by atoms with Gasteiger partial charge < -0.3 is 9.73 Å². The monoisotopic (exact) mass is 353 g/mol. The molecule has 0 spiro atoms. The predicted molar refractivity (Wildman–Crippen MR) is 96.7 cm³/mol. The highest BCUT2D eigenvalue weighted by atomic mass is 32.1. The second-order valence-electron chi connectivity index (χ2n) is 5.81. The molecule has 7 heteroatoms. The van der Waals surface area contributed by atoms with Gasteiger partial charge in [-0.2, -0.15) is 5.10 Å². The number of nitrogens with zero attached hydrogens (tertiary/aromatic N) is 2. The fourth-order valence-electron chi connectivity index (χ4n) is 2.80. The van der Waals surface area contributed by atoms with Crippen molar-refractivity contribution >= 4 is 39.1 Å². The van der Waals surface area contributed by atoms with Gasteiger partial charge >= 0.3 is 5.63 Å². The average molecular weight is 353 g/mol. The molecule has 0 atom stereocenters. The molecule has 0 saturated heterocycles. The van der Waals surface area contributed by atoms with Crippen LogP contribution in [-0.4, -0.2) is 15.7 Å². The molecule has 0 bridgehead atoms. The molecule has 25 heavy (non-hydrogen) atoms. The van der Waals surface area contributed by atoms with E-state index in [2.05, 4.69) is 10.4 Å². The number of amides is 1. The van der Waals surface area contributed by atoms with Gasteiger partial charge in [0.2, 0.25) is 5.91 Å². The summed E-state index contributed by atoms with van der Waals surface area (Å²) in [6.07, 6.45) is 1.45. The quantitative estimate of drug-likeness (QED) is 0.572. The Hall–Kier alpha value is -2.93. The molecule has 3 heterocycles. The van der Waals surface area contributed by atoms with Gasteiger partial charge in [-0.1, -0.05) is 17.7 Å². The zero-order valence-electron chi connectivity index (χ0n) is 13.5. The van der Waals surface area contributed by atoms with Crippen LogP contribution in [0.4, 0.5) is 0 Å². The Labute approximate surface area is 146 Å². The van der Waals surface area contributed by atoms with Crippen LogP contribution in [-0.2, 0) is 17.9 Å². The van der Waals surface area contributed by atoms with Crippen molar-refractivity contribution < 1.29 is 9.21 Å². The number of carbonyl (C=O) groups excluding carboxylic acids is 1. The molecule has 0 unspecified atom stereocenters. The first-order chi connectivity index (χ1) is 12.1. The van der Waals surface area contributed by atoms with Gasteiger partial charge in [0.05, 0.1) is 18.3 Å². The number of rotatable bonds is 4. The second-order valence-corrected chi connectivity index (χ2v) is 6.84. The van der Waals surface area contributed by atoms with Crippen molar-refractivity contribution in [1.29, 1.82) is 0 Å². The summed E-state index contributed by atoms with van der Waals surface area (Å²) in [5.74, 6) is -0.160. The molecule has 126 valence electrons. The predicted octanol–water partition coefficient (Wildman–Crippen LogP) is 2.83. The lowest BCUT2D eigenvalue weighted by Crippen LogP contribution is -2.27. The van der Waals surface area contributed by atoms with E-state index in [0.717, 1.165) is 15.8 Å². The Morgan fingerprint density at radius 1 is 1.32 bits per heavy atom. The minimum Gasteiger partial charge on any atom is -0.422 e. The Bertz CT molecular complexity index is 1130. The number of hydrogen-bond donors (Lipinski definition) is 1. The number of thiophene rings is 1. The van der Waals surface area contributed by atoms with Crippen LogP contribution < -0.4 is 10.9 Å². The van der Waals surface area contributed by atoms with Gasteiger partial charge in [0.15, 0.2) is 0 Å². The van der Waals surface area contributed by atoms with Crippen LogP contribution in [0.2, 0.25) is 0 Å². The maximum atomic E-state index is 12.3. The van der Waals surface area contributed by atoms with Crippen LogP contribution in [0.3, 0.4) is 0 Å². The summed E-state index contributed by atoms with van der Waals surface area (Å²) in [5, 5.41) is 10.2. The van der Waals surface area contributed by atoms with E-state index in [-0.39, 0.29) is 12.5 Å². The van der Waals surface area contributed by atoms with Crippen molar-refractivity contribution in [2.75, 3.05) is 0 Å². The van der Waals surface area contributed by atoms with E-state index < -0.39 is 5.63 Å². The second kappa shape index (κ2) is 6.18. The van der Waals surface area contributed by atoms with Gasteiger partial charge in [-0.05, 0) is 30.5 Å². The van der Waals surface area contributed by atoms with Crippen molar-refractivity contribution in [2.45, 2.75) is 20.0 Å². The van der Waals surface area contributed by atoms with Crippen LogP contribution in [0.5, 0.6) is 0 Å². The number of fused-ring (bicyclic) bond motifs is 3. The third kappa shape index (κ3) is 2.94. The molecule has 4 aromatic rings. The molecular weight excluding hydrogens is 338 g/mol. The number of aromatic nitrogens is 2. The van der Waals surface area contributed by atoms with E-state index in [4.69, 9.17) is 4.42 Å². The van der Waals surface area contributed by atoms with Crippen molar-refractivity contribution in [1.82, 2.24) is 15.1 Å². The van der Waals surface area contributed by atoms with Gasteiger partial charge in [0.1, 0.15) is 17.5 Å². The van der Waals surface area contributed by atoms with E-state index in [1.165, 1.54) is 6.20 Å². The Morgan fingerprint density at radius 3 is 3.00 bits per heavy atom. The summed E-state index contributed by atoms with van der Waals surface area (Å²) in [4.78, 5) is 25.5. The average Bonchev–Trinajstić information content (AvgIpc) is 3.24. The van der Waals surface area contributed by atoms with Crippen molar-refractivity contribution in [3.8, 4) is 0 Å². The number of benzene rings is 1. The molecule has 1 N–H and O–H groups in total. The SMILES string of the molecule is Cc1ccc2oc(=O)c3cnn(CC(=O)NCc4cccs4)c3c2c1. The molecule has 0 aliphatic rings. The highest BCUT2D eigenvalue weighted by Gasteiger charge is 2.15. The first kappa shape index (κ1) is 15.6. The van der Waals surface area contributed by atoms with E-state index in [0.29, 0.717) is 23.0 Å².